The third kappa shape index (κ3) is 3.93. The maximum atomic E-state index is 3.52. The van der Waals surface area contributed by atoms with Gasteiger partial charge in [0.15, 0.2) is 0 Å². The second kappa shape index (κ2) is 5.64. The van der Waals surface area contributed by atoms with E-state index in [0.717, 1.165) is 19.1 Å². The minimum atomic E-state index is 0.851. The van der Waals surface area contributed by atoms with Gasteiger partial charge in [-0.05, 0) is 61.2 Å². The average Bonchev–Trinajstić information content (AvgIpc) is 2.96. The number of hydrogen-bond donors (Lipinski definition) is 2. The first kappa shape index (κ1) is 11.1. The monoisotopic (exact) mass is 224 g/mol. The Morgan fingerprint density at radius 2 is 2.20 bits per heavy atom. The maximum absolute atomic E-state index is 3.52. The molecule has 0 aromatic carbocycles. The lowest BCUT2D eigenvalue weighted by atomic mass is 10.2. The van der Waals surface area contributed by atoms with Crippen LogP contribution in [0.25, 0.3) is 0 Å². The SMILES string of the molecule is Cc1cscc1CNCCCNC1CC1. The zero-order chi connectivity index (χ0) is 10.5. The van der Waals surface area contributed by atoms with Crippen molar-refractivity contribution in [3.63, 3.8) is 0 Å². The van der Waals surface area contributed by atoms with E-state index < -0.39 is 0 Å². The first-order valence-corrected chi connectivity index (χ1v) is 6.76. The summed E-state index contributed by atoms with van der Waals surface area (Å²) in [4.78, 5) is 0. The van der Waals surface area contributed by atoms with Gasteiger partial charge in [-0.2, -0.15) is 11.3 Å². The summed E-state index contributed by atoms with van der Waals surface area (Å²) in [6.45, 7) is 5.50. The Labute approximate surface area is 96.1 Å². The highest BCUT2D eigenvalue weighted by Gasteiger charge is 2.19. The summed E-state index contributed by atoms with van der Waals surface area (Å²) in [7, 11) is 0. The summed E-state index contributed by atoms with van der Waals surface area (Å²) in [5.74, 6) is 0. The molecule has 2 nitrogen and oxygen atoms in total. The zero-order valence-electron chi connectivity index (χ0n) is 9.38. The lowest BCUT2D eigenvalue weighted by Crippen LogP contribution is -2.23. The van der Waals surface area contributed by atoms with Crippen LogP contribution in [0, 0.1) is 6.92 Å². The fourth-order valence-electron chi connectivity index (χ4n) is 1.60. The average molecular weight is 224 g/mol. The second-order valence-corrected chi connectivity index (χ2v) is 5.08. The summed E-state index contributed by atoms with van der Waals surface area (Å²) in [5, 5.41) is 11.5. The predicted molar refractivity (Wildman–Crippen MR) is 66.4 cm³/mol. The molecule has 15 heavy (non-hydrogen) atoms. The van der Waals surface area contributed by atoms with Crippen molar-refractivity contribution in [1.29, 1.82) is 0 Å². The molecule has 1 aliphatic carbocycles. The Morgan fingerprint density at radius 3 is 2.87 bits per heavy atom. The van der Waals surface area contributed by atoms with Gasteiger partial charge in [-0.15, -0.1) is 0 Å². The summed E-state index contributed by atoms with van der Waals surface area (Å²) in [6.07, 6.45) is 4.02. The minimum absolute atomic E-state index is 0.851. The molecule has 1 fully saturated rings. The molecule has 0 atom stereocenters. The quantitative estimate of drug-likeness (QED) is 0.694. The van der Waals surface area contributed by atoms with E-state index in [-0.39, 0.29) is 0 Å². The van der Waals surface area contributed by atoms with Crippen molar-refractivity contribution in [2.45, 2.75) is 38.8 Å². The largest absolute Gasteiger partial charge is 0.314 e. The van der Waals surface area contributed by atoms with E-state index in [9.17, 15) is 0 Å². The summed E-state index contributed by atoms with van der Waals surface area (Å²) >= 11 is 1.79. The maximum Gasteiger partial charge on any atom is 0.0216 e. The molecule has 1 aromatic rings. The minimum Gasteiger partial charge on any atom is -0.314 e. The van der Waals surface area contributed by atoms with Gasteiger partial charge in [0.05, 0.1) is 0 Å². The summed E-state index contributed by atoms with van der Waals surface area (Å²) in [5.41, 5.74) is 2.87. The number of aryl methyl sites for hydroxylation is 1. The molecule has 84 valence electrons. The first-order chi connectivity index (χ1) is 7.36. The Hall–Kier alpha value is -0.380. The van der Waals surface area contributed by atoms with Gasteiger partial charge in [-0.1, -0.05) is 0 Å². The van der Waals surface area contributed by atoms with Crippen LogP contribution in [-0.2, 0) is 6.54 Å². The summed E-state index contributed by atoms with van der Waals surface area (Å²) in [6, 6.07) is 0.851. The van der Waals surface area contributed by atoms with Crippen LogP contribution >= 0.6 is 11.3 Å². The molecule has 1 aromatic heterocycles. The van der Waals surface area contributed by atoms with Crippen molar-refractivity contribution in [2.24, 2.45) is 0 Å². The predicted octanol–water partition coefficient (Wildman–Crippen LogP) is 2.29. The smallest absolute Gasteiger partial charge is 0.0216 e. The molecular weight excluding hydrogens is 204 g/mol. The Morgan fingerprint density at radius 1 is 1.33 bits per heavy atom. The molecular formula is C12H20N2S. The van der Waals surface area contributed by atoms with E-state index in [4.69, 9.17) is 0 Å². The third-order valence-corrected chi connectivity index (χ3v) is 3.73. The molecule has 1 heterocycles. The van der Waals surface area contributed by atoms with Gasteiger partial charge in [0.25, 0.3) is 0 Å². The van der Waals surface area contributed by atoms with Crippen LogP contribution in [-0.4, -0.2) is 19.1 Å². The van der Waals surface area contributed by atoms with Crippen LogP contribution in [0.2, 0.25) is 0 Å². The number of thiophene rings is 1. The number of hydrogen-bond acceptors (Lipinski definition) is 3. The topological polar surface area (TPSA) is 24.1 Å². The van der Waals surface area contributed by atoms with E-state index in [0.29, 0.717) is 0 Å². The van der Waals surface area contributed by atoms with Gasteiger partial charge in [-0.3, -0.25) is 0 Å². The molecule has 0 bridgehead atoms. The van der Waals surface area contributed by atoms with Crippen molar-refractivity contribution in [3.8, 4) is 0 Å². The molecule has 1 saturated carbocycles. The van der Waals surface area contributed by atoms with Gasteiger partial charge in [-0.25, -0.2) is 0 Å². The standard InChI is InChI=1S/C12H20N2S/c1-10-8-15-9-11(10)7-13-5-2-6-14-12-3-4-12/h8-9,12-14H,2-7H2,1H3. The van der Waals surface area contributed by atoms with Gasteiger partial charge in [0.1, 0.15) is 0 Å². The van der Waals surface area contributed by atoms with Crippen LogP contribution in [0.1, 0.15) is 30.4 Å². The third-order valence-electron chi connectivity index (χ3n) is 2.82. The lowest BCUT2D eigenvalue weighted by Gasteiger charge is -2.05. The van der Waals surface area contributed by atoms with Crippen LogP contribution in [0.5, 0.6) is 0 Å². The zero-order valence-corrected chi connectivity index (χ0v) is 10.2. The van der Waals surface area contributed by atoms with Gasteiger partial charge < -0.3 is 10.6 Å². The van der Waals surface area contributed by atoms with Crippen molar-refractivity contribution in [3.05, 3.63) is 21.9 Å². The van der Waals surface area contributed by atoms with Crippen LogP contribution in [0.4, 0.5) is 0 Å². The highest BCUT2D eigenvalue weighted by atomic mass is 32.1. The van der Waals surface area contributed by atoms with Gasteiger partial charge >= 0.3 is 0 Å². The van der Waals surface area contributed by atoms with E-state index in [1.807, 2.05) is 0 Å². The Kier molecular flexibility index (Phi) is 4.18. The normalized spacial score (nSPS) is 15.8. The second-order valence-electron chi connectivity index (χ2n) is 4.34. The van der Waals surface area contributed by atoms with E-state index in [2.05, 4.69) is 28.3 Å². The van der Waals surface area contributed by atoms with Gasteiger partial charge in [0.2, 0.25) is 0 Å². The fourth-order valence-corrected chi connectivity index (χ4v) is 2.46. The molecule has 0 aliphatic heterocycles. The first-order valence-electron chi connectivity index (χ1n) is 5.82. The van der Waals surface area contributed by atoms with E-state index in [1.165, 1.54) is 36.9 Å². The van der Waals surface area contributed by atoms with Gasteiger partial charge in [0, 0.05) is 12.6 Å². The lowest BCUT2D eigenvalue weighted by molar-refractivity contribution is 0.593. The fraction of sp³-hybridized carbons (Fsp3) is 0.667. The molecule has 3 heteroatoms. The highest BCUT2D eigenvalue weighted by molar-refractivity contribution is 7.08. The van der Waals surface area contributed by atoms with Crippen molar-refractivity contribution in [2.75, 3.05) is 13.1 Å². The molecule has 0 radical (unpaired) electrons. The molecule has 2 N–H and O–H groups in total. The number of nitrogens with one attached hydrogen (secondary N) is 2. The van der Waals surface area contributed by atoms with Crippen molar-refractivity contribution >= 4 is 11.3 Å². The van der Waals surface area contributed by atoms with Crippen LogP contribution in [0.15, 0.2) is 10.8 Å². The van der Waals surface area contributed by atoms with Crippen LogP contribution in [0.3, 0.4) is 0 Å². The highest BCUT2D eigenvalue weighted by Crippen LogP contribution is 2.18. The van der Waals surface area contributed by atoms with Crippen molar-refractivity contribution < 1.29 is 0 Å². The van der Waals surface area contributed by atoms with Crippen molar-refractivity contribution in [1.82, 2.24) is 10.6 Å². The molecule has 2 rings (SSSR count). The van der Waals surface area contributed by atoms with Crippen LogP contribution < -0.4 is 10.6 Å². The van der Waals surface area contributed by atoms with E-state index in [1.54, 1.807) is 11.3 Å². The molecule has 1 aliphatic rings. The Bertz CT molecular complexity index is 292. The molecule has 0 saturated heterocycles. The number of rotatable bonds is 7. The summed E-state index contributed by atoms with van der Waals surface area (Å²) < 4.78 is 0. The molecule has 0 spiro atoms. The Balaban J connectivity index is 1.49. The van der Waals surface area contributed by atoms with E-state index >= 15 is 0 Å². The molecule has 0 amide bonds. The molecule has 0 unspecified atom stereocenters.